The van der Waals surface area contributed by atoms with Crippen LogP contribution in [0.4, 0.5) is 0 Å². The normalized spacial score (nSPS) is 15.1. The molecule has 194 valence electrons. The Morgan fingerprint density at radius 2 is 1.14 bits per heavy atom. The van der Waals surface area contributed by atoms with Crippen LogP contribution in [0, 0.1) is 0 Å². The van der Waals surface area contributed by atoms with Crippen molar-refractivity contribution < 1.29 is 5.11 Å². The smallest absolute Gasteiger partial charge is 0.264 e. The number of rotatable bonds is 0. The van der Waals surface area contributed by atoms with Crippen LogP contribution in [-0.2, 0) is 0 Å². The van der Waals surface area contributed by atoms with E-state index in [1.165, 1.54) is 0 Å². The summed E-state index contributed by atoms with van der Waals surface area (Å²) < 4.78 is 3.69. The molecule has 0 saturated carbocycles. The second-order valence-electron chi connectivity index (χ2n) is 11.4. The molecule has 7 aromatic carbocycles. The average Bonchev–Trinajstić information content (AvgIpc) is 3.61. The monoisotopic (exact) mass is 538 g/mol. The molecule has 3 aromatic heterocycles. The molecule has 1 unspecified atom stereocenters. The molecular formula is C36H18N4O2. The van der Waals surface area contributed by atoms with Crippen LogP contribution in [0.2, 0.25) is 0 Å². The number of aliphatic hydroxyl groups excluding tert-OH is 1. The number of aliphatic hydroxyl groups is 1. The van der Waals surface area contributed by atoms with Crippen LogP contribution in [0.5, 0.6) is 0 Å². The average molecular weight is 539 g/mol. The Labute approximate surface area is 236 Å². The highest BCUT2D eigenvalue weighted by Gasteiger charge is 2.30. The van der Waals surface area contributed by atoms with Crippen molar-refractivity contribution in [3.05, 3.63) is 113 Å². The molecule has 0 amide bonds. The van der Waals surface area contributed by atoms with Crippen LogP contribution >= 0.6 is 0 Å². The molecule has 0 fully saturated rings. The fourth-order valence-electron chi connectivity index (χ4n) is 7.84. The van der Waals surface area contributed by atoms with Gasteiger partial charge in [-0.3, -0.25) is 13.8 Å². The predicted octanol–water partition coefficient (Wildman–Crippen LogP) is 7.36. The van der Waals surface area contributed by atoms with E-state index in [0.29, 0.717) is 11.0 Å². The first kappa shape index (κ1) is 21.2. The highest BCUT2D eigenvalue weighted by Crippen LogP contribution is 2.49. The molecule has 1 aliphatic rings. The van der Waals surface area contributed by atoms with Gasteiger partial charge in [0, 0.05) is 32.7 Å². The molecule has 1 N–H and O–H groups in total. The largest absolute Gasteiger partial charge is 0.369 e. The molecule has 0 radical (unpaired) electrons. The third-order valence-electron chi connectivity index (χ3n) is 9.53. The van der Waals surface area contributed by atoms with Crippen LogP contribution in [-0.4, -0.2) is 24.0 Å². The molecule has 4 heterocycles. The highest BCUT2D eigenvalue weighted by atomic mass is 16.3. The van der Waals surface area contributed by atoms with E-state index in [4.69, 9.17) is 9.97 Å². The summed E-state index contributed by atoms with van der Waals surface area (Å²) in [5.74, 6) is 0.778. The molecule has 0 spiro atoms. The molecule has 0 aliphatic carbocycles. The fraction of sp³-hybridized carbons (Fsp3) is 0.0278. The van der Waals surface area contributed by atoms with Crippen LogP contribution in [0.15, 0.2) is 102 Å². The Kier molecular flexibility index (Phi) is 3.44. The number of imidazole rings is 2. The summed E-state index contributed by atoms with van der Waals surface area (Å²) in [6.07, 6.45) is -0.841. The van der Waals surface area contributed by atoms with E-state index >= 15 is 0 Å². The second-order valence-corrected chi connectivity index (χ2v) is 11.4. The van der Waals surface area contributed by atoms with Gasteiger partial charge < -0.3 is 5.11 Å². The number of pyridine rings is 1. The molecule has 1 aliphatic heterocycles. The second kappa shape index (κ2) is 6.82. The molecule has 6 nitrogen and oxygen atoms in total. The minimum Gasteiger partial charge on any atom is -0.369 e. The van der Waals surface area contributed by atoms with Crippen molar-refractivity contribution in [1.29, 1.82) is 0 Å². The lowest BCUT2D eigenvalue weighted by Gasteiger charge is -2.27. The third kappa shape index (κ3) is 2.19. The predicted molar refractivity (Wildman–Crippen MR) is 168 cm³/mol. The molecule has 42 heavy (non-hydrogen) atoms. The Bertz CT molecular complexity index is 2880. The van der Waals surface area contributed by atoms with Gasteiger partial charge in [0.1, 0.15) is 11.5 Å². The quantitative estimate of drug-likeness (QED) is 0.162. The van der Waals surface area contributed by atoms with Gasteiger partial charge in [-0.2, -0.15) is 0 Å². The number of aromatic nitrogens is 4. The van der Waals surface area contributed by atoms with Crippen molar-refractivity contribution in [3.63, 3.8) is 0 Å². The van der Waals surface area contributed by atoms with E-state index < -0.39 is 6.23 Å². The summed E-state index contributed by atoms with van der Waals surface area (Å²) in [5.41, 5.74) is 5.95. The van der Waals surface area contributed by atoms with Gasteiger partial charge in [-0.15, -0.1) is 0 Å². The number of fused-ring (bicyclic) bond motifs is 10. The van der Waals surface area contributed by atoms with Crippen LogP contribution in [0.1, 0.15) is 11.8 Å². The fourth-order valence-corrected chi connectivity index (χ4v) is 7.84. The lowest BCUT2D eigenvalue weighted by atomic mass is 9.84. The lowest BCUT2D eigenvalue weighted by molar-refractivity contribution is 0.152. The Morgan fingerprint density at radius 3 is 1.93 bits per heavy atom. The minimum absolute atomic E-state index is 0.0482. The van der Waals surface area contributed by atoms with Gasteiger partial charge in [0.15, 0.2) is 6.23 Å². The minimum atomic E-state index is -0.841. The van der Waals surface area contributed by atoms with Gasteiger partial charge >= 0.3 is 0 Å². The molecule has 6 heteroatoms. The zero-order chi connectivity index (χ0) is 27.4. The summed E-state index contributed by atoms with van der Waals surface area (Å²) >= 11 is 0. The standard InChI is InChI=1S/C36H18N4O2/c41-35-23-15-11-19-18-10-14-22-32-24(36(42)40-28-8-4-2-6-26(28)38-34(22)40)16-12-20(30(18)32)17-9-13-21(31(23)29(17)19)33-37-25-5-1-3-7-27(25)39(33)35/h1-16,35,41H. The lowest BCUT2D eigenvalue weighted by Crippen LogP contribution is -2.16. The molecular weight excluding hydrogens is 520 g/mol. The number of nitrogens with zero attached hydrogens (tertiary/aromatic N) is 4. The molecule has 1 atom stereocenters. The van der Waals surface area contributed by atoms with E-state index in [-0.39, 0.29) is 5.56 Å². The van der Waals surface area contributed by atoms with Crippen molar-refractivity contribution in [3.8, 4) is 11.4 Å². The molecule has 11 rings (SSSR count). The van der Waals surface area contributed by atoms with Gasteiger partial charge in [-0.25, -0.2) is 9.97 Å². The van der Waals surface area contributed by atoms with E-state index in [1.54, 1.807) is 4.40 Å². The Morgan fingerprint density at radius 1 is 0.571 bits per heavy atom. The van der Waals surface area contributed by atoms with Crippen LogP contribution in [0.3, 0.4) is 0 Å². The van der Waals surface area contributed by atoms with Gasteiger partial charge in [0.25, 0.3) is 5.56 Å². The Hall–Kier alpha value is -5.59. The first-order chi connectivity index (χ1) is 20.7. The summed E-state index contributed by atoms with van der Waals surface area (Å²) in [5, 5.41) is 21.9. The van der Waals surface area contributed by atoms with Gasteiger partial charge in [0.05, 0.1) is 22.1 Å². The summed E-state index contributed by atoms with van der Waals surface area (Å²) in [7, 11) is 0. The number of hydrogen-bond acceptors (Lipinski definition) is 4. The molecule has 10 aromatic rings. The number of para-hydroxylation sites is 4. The van der Waals surface area contributed by atoms with Crippen LogP contribution < -0.4 is 5.56 Å². The summed E-state index contributed by atoms with van der Waals surface area (Å²) in [6, 6.07) is 32.6. The van der Waals surface area contributed by atoms with Gasteiger partial charge in [0.2, 0.25) is 0 Å². The zero-order valence-corrected chi connectivity index (χ0v) is 22.0. The van der Waals surface area contributed by atoms with E-state index in [1.807, 2.05) is 59.2 Å². The Balaban J connectivity index is 1.35. The maximum absolute atomic E-state index is 14.0. The van der Waals surface area contributed by atoms with E-state index in [9.17, 15) is 9.90 Å². The third-order valence-corrected chi connectivity index (χ3v) is 9.53. The molecule has 0 saturated heterocycles. The van der Waals surface area contributed by atoms with Gasteiger partial charge in [-0.1, -0.05) is 54.6 Å². The summed E-state index contributed by atoms with van der Waals surface area (Å²) in [4.78, 5) is 23.9. The topological polar surface area (TPSA) is 72.4 Å². The van der Waals surface area contributed by atoms with Crippen molar-refractivity contribution in [2.45, 2.75) is 6.23 Å². The maximum Gasteiger partial charge on any atom is 0.264 e. The van der Waals surface area contributed by atoms with Crippen molar-refractivity contribution in [2.24, 2.45) is 0 Å². The van der Waals surface area contributed by atoms with Crippen molar-refractivity contribution >= 4 is 81.6 Å². The van der Waals surface area contributed by atoms with Crippen LogP contribution in [0.25, 0.3) is 93.0 Å². The SMILES string of the molecule is O=c1c2ccc3c4ccc5c6c(ccc(c7ccc(c2c37)c2nc3ccccc3n12)c64)C(O)n1c-5nc2ccccc21. The van der Waals surface area contributed by atoms with E-state index in [2.05, 4.69) is 42.5 Å². The maximum atomic E-state index is 14.0. The zero-order valence-electron chi connectivity index (χ0n) is 22.0. The number of hydrogen-bond donors (Lipinski definition) is 1. The van der Waals surface area contributed by atoms with Gasteiger partial charge in [-0.05, 0) is 74.8 Å². The van der Waals surface area contributed by atoms with Crippen molar-refractivity contribution in [2.75, 3.05) is 0 Å². The highest BCUT2D eigenvalue weighted by molar-refractivity contribution is 6.38. The summed E-state index contributed by atoms with van der Waals surface area (Å²) in [6.45, 7) is 0. The number of benzene rings is 7. The van der Waals surface area contributed by atoms with Crippen molar-refractivity contribution in [1.82, 2.24) is 18.9 Å². The first-order valence-corrected chi connectivity index (χ1v) is 14.1. The molecule has 0 bridgehead atoms. The van der Waals surface area contributed by atoms with E-state index in [0.717, 1.165) is 87.5 Å². The first-order valence-electron chi connectivity index (χ1n) is 14.1.